The van der Waals surface area contributed by atoms with Crippen molar-refractivity contribution in [3.63, 3.8) is 0 Å². The second kappa shape index (κ2) is 8.69. The molecule has 0 atom stereocenters. The largest absolute Gasteiger partial charge is 0.359 e. The quantitative estimate of drug-likeness (QED) is 0.431. The molecule has 1 saturated carbocycles. The zero-order valence-corrected chi connectivity index (χ0v) is 14.9. The Morgan fingerprint density at radius 2 is 1.85 bits per heavy atom. The summed E-state index contributed by atoms with van der Waals surface area (Å²) < 4.78 is 0. The van der Waals surface area contributed by atoms with Gasteiger partial charge in [-0.3, -0.25) is 9.79 Å². The van der Waals surface area contributed by atoms with E-state index >= 15 is 0 Å². The fourth-order valence-electron chi connectivity index (χ4n) is 2.60. The number of nitrogens with zero attached hydrogens (tertiary/aromatic N) is 2. The van der Waals surface area contributed by atoms with Crippen LogP contribution in [0.3, 0.4) is 0 Å². The molecule has 1 aliphatic heterocycles. The Balaban J connectivity index is 0.00000200. The number of carbonyl (C=O) groups excluding carboxylic acids is 1. The minimum atomic E-state index is 0. The molecule has 0 bridgehead atoms. The van der Waals surface area contributed by atoms with Gasteiger partial charge in [-0.1, -0.05) is 0 Å². The maximum atomic E-state index is 11.4. The molecule has 0 spiro atoms. The molecule has 1 saturated heterocycles. The number of rotatable bonds is 4. The molecule has 0 aromatic heterocycles. The minimum Gasteiger partial charge on any atom is -0.359 e. The Morgan fingerprint density at radius 1 is 1.20 bits per heavy atom. The van der Waals surface area contributed by atoms with Crippen LogP contribution in [-0.4, -0.2) is 50.5 Å². The number of hydrogen-bond donors (Lipinski definition) is 2. The molecule has 0 aromatic rings. The van der Waals surface area contributed by atoms with Crippen LogP contribution in [0.5, 0.6) is 0 Å². The van der Waals surface area contributed by atoms with Crippen LogP contribution in [0.25, 0.3) is 0 Å². The summed E-state index contributed by atoms with van der Waals surface area (Å²) in [5.41, 5.74) is 0. The van der Waals surface area contributed by atoms with E-state index in [0.717, 1.165) is 44.4 Å². The van der Waals surface area contributed by atoms with Gasteiger partial charge in [-0.25, -0.2) is 0 Å². The van der Waals surface area contributed by atoms with Crippen LogP contribution in [0.15, 0.2) is 4.99 Å². The Hall–Kier alpha value is -0.530. The summed E-state index contributed by atoms with van der Waals surface area (Å²) in [6.45, 7) is 3.07. The van der Waals surface area contributed by atoms with E-state index in [1.54, 1.807) is 7.05 Å². The third-order valence-electron chi connectivity index (χ3n) is 4.12. The van der Waals surface area contributed by atoms with Crippen LogP contribution in [0.2, 0.25) is 0 Å². The zero-order valence-electron chi connectivity index (χ0n) is 12.5. The van der Waals surface area contributed by atoms with Gasteiger partial charge in [-0.15, -0.1) is 24.0 Å². The Kier molecular flexibility index (Phi) is 7.61. The van der Waals surface area contributed by atoms with Crippen molar-refractivity contribution in [3.8, 4) is 0 Å². The van der Waals surface area contributed by atoms with Crippen LogP contribution in [0.4, 0.5) is 0 Å². The van der Waals surface area contributed by atoms with E-state index in [-0.39, 0.29) is 29.9 Å². The molecule has 2 N–H and O–H groups in total. The van der Waals surface area contributed by atoms with Gasteiger partial charge in [-0.05, 0) is 37.5 Å². The topological polar surface area (TPSA) is 56.7 Å². The van der Waals surface area contributed by atoms with E-state index in [1.807, 2.05) is 7.05 Å². The SMILES string of the molecule is CN=C(NCC1CC1)N1CCC(CC(=O)NC)CC1.I. The summed E-state index contributed by atoms with van der Waals surface area (Å²) in [6.07, 6.45) is 5.55. The van der Waals surface area contributed by atoms with E-state index in [9.17, 15) is 4.79 Å². The third-order valence-corrected chi connectivity index (χ3v) is 4.12. The van der Waals surface area contributed by atoms with Crippen molar-refractivity contribution < 1.29 is 4.79 Å². The van der Waals surface area contributed by atoms with E-state index in [0.29, 0.717) is 12.3 Å². The van der Waals surface area contributed by atoms with Crippen molar-refractivity contribution in [2.75, 3.05) is 33.7 Å². The van der Waals surface area contributed by atoms with Crippen molar-refractivity contribution in [3.05, 3.63) is 0 Å². The fraction of sp³-hybridized carbons (Fsp3) is 0.857. The molecule has 0 aromatic carbocycles. The van der Waals surface area contributed by atoms with Crippen molar-refractivity contribution in [1.29, 1.82) is 0 Å². The van der Waals surface area contributed by atoms with Gasteiger partial charge in [0.05, 0.1) is 0 Å². The number of likely N-dealkylation sites (tertiary alicyclic amines) is 1. The molecule has 1 heterocycles. The summed E-state index contributed by atoms with van der Waals surface area (Å²) >= 11 is 0. The van der Waals surface area contributed by atoms with Gasteiger partial charge in [-0.2, -0.15) is 0 Å². The summed E-state index contributed by atoms with van der Waals surface area (Å²) in [7, 11) is 3.56. The summed E-state index contributed by atoms with van der Waals surface area (Å²) in [5, 5.41) is 6.17. The lowest BCUT2D eigenvalue weighted by atomic mass is 9.93. The maximum absolute atomic E-state index is 11.4. The highest BCUT2D eigenvalue weighted by Crippen LogP contribution is 2.27. The molecule has 2 fully saturated rings. The number of halogens is 1. The molecule has 2 rings (SSSR count). The van der Waals surface area contributed by atoms with Gasteiger partial charge < -0.3 is 15.5 Å². The first-order chi connectivity index (χ1) is 9.22. The lowest BCUT2D eigenvalue weighted by molar-refractivity contribution is -0.121. The second-order valence-electron chi connectivity index (χ2n) is 5.68. The normalized spacial score (nSPS) is 20.3. The number of piperidine rings is 1. The Morgan fingerprint density at radius 3 is 2.35 bits per heavy atom. The number of aliphatic imine (C=N–C) groups is 1. The average Bonchev–Trinajstić information content (AvgIpc) is 3.25. The number of amides is 1. The van der Waals surface area contributed by atoms with E-state index < -0.39 is 0 Å². The summed E-state index contributed by atoms with van der Waals surface area (Å²) in [6, 6.07) is 0. The molecule has 1 amide bonds. The van der Waals surface area contributed by atoms with Gasteiger partial charge in [0.15, 0.2) is 5.96 Å². The van der Waals surface area contributed by atoms with Gasteiger partial charge >= 0.3 is 0 Å². The molecule has 0 radical (unpaired) electrons. The lowest BCUT2D eigenvalue weighted by Gasteiger charge is -2.34. The van der Waals surface area contributed by atoms with Crippen LogP contribution in [0.1, 0.15) is 32.1 Å². The van der Waals surface area contributed by atoms with E-state index in [4.69, 9.17) is 0 Å². The molecule has 2 aliphatic rings. The Labute approximate surface area is 139 Å². The van der Waals surface area contributed by atoms with Crippen molar-refractivity contribution in [1.82, 2.24) is 15.5 Å². The number of carbonyl (C=O) groups is 1. The summed E-state index contributed by atoms with van der Waals surface area (Å²) in [4.78, 5) is 18.1. The molecule has 20 heavy (non-hydrogen) atoms. The predicted molar refractivity (Wildman–Crippen MR) is 92.5 cm³/mol. The van der Waals surface area contributed by atoms with E-state index in [1.165, 1.54) is 12.8 Å². The molecule has 5 nitrogen and oxygen atoms in total. The molecule has 0 unspecified atom stereocenters. The lowest BCUT2D eigenvalue weighted by Crippen LogP contribution is -2.46. The molecule has 6 heteroatoms. The number of guanidine groups is 1. The van der Waals surface area contributed by atoms with E-state index in [2.05, 4.69) is 20.5 Å². The van der Waals surface area contributed by atoms with Gasteiger partial charge in [0, 0.05) is 40.2 Å². The summed E-state index contributed by atoms with van der Waals surface area (Å²) in [5.74, 6) is 2.58. The number of hydrogen-bond acceptors (Lipinski definition) is 2. The first-order valence-electron chi connectivity index (χ1n) is 7.39. The van der Waals surface area contributed by atoms with Crippen LogP contribution in [-0.2, 0) is 4.79 Å². The zero-order chi connectivity index (χ0) is 13.7. The first-order valence-corrected chi connectivity index (χ1v) is 7.39. The highest BCUT2D eigenvalue weighted by Gasteiger charge is 2.25. The van der Waals surface area contributed by atoms with Gasteiger partial charge in [0.2, 0.25) is 5.91 Å². The first kappa shape index (κ1) is 17.5. The predicted octanol–water partition coefficient (Wildman–Crippen LogP) is 1.44. The van der Waals surface area contributed by atoms with Crippen LogP contribution < -0.4 is 10.6 Å². The number of nitrogens with one attached hydrogen (secondary N) is 2. The monoisotopic (exact) mass is 394 g/mol. The second-order valence-corrected chi connectivity index (χ2v) is 5.68. The van der Waals surface area contributed by atoms with Crippen LogP contribution in [0, 0.1) is 11.8 Å². The maximum Gasteiger partial charge on any atom is 0.220 e. The Bertz CT molecular complexity index is 336. The fourth-order valence-corrected chi connectivity index (χ4v) is 2.60. The minimum absolute atomic E-state index is 0. The van der Waals surface area contributed by atoms with Crippen molar-refractivity contribution in [2.45, 2.75) is 32.1 Å². The molecular weight excluding hydrogens is 367 g/mol. The average molecular weight is 394 g/mol. The van der Waals surface area contributed by atoms with Crippen molar-refractivity contribution in [2.24, 2.45) is 16.8 Å². The highest BCUT2D eigenvalue weighted by atomic mass is 127. The third kappa shape index (κ3) is 5.46. The molecule has 116 valence electrons. The molecular formula is C14H27IN4O. The standard InChI is InChI=1S/C14H26N4O.HI/c1-15-13(19)9-11-5-7-18(8-6-11)14(16-2)17-10-12-3-4-12;/h11-12H,3-10H2,1-2H3,(H,15,19)(H,16,17);1H. The van der Waals surface area contributed by atoms with Gasteiger partial charge in [0.1, 0.15) is 0 Å². The van der Waals surface area contributed by atoms with Gasteiger partial charge in [0.25, 0.3) is 0 Å². The van der Waals surface area contributed by atoms with Crippen molar-refractivity contribution >= 4 is 35.8 Å². The smallest absolute Gasteiger partial charge is 0.220 e. The highest BCUT2D eigenvalue weighted by molar-refractivity contribution is 14.0. The van der Waals surface area contributed by atoms with Crippen LogP contribution >= 0.6 is 24.0 Å². The molecule has 1 aliphatic carbocycles.